The Bertz CT molecular complexity index is 762. The molecule has 3 N–H and O–H groups in total. The van der Waals surface area contributed by atoms with Gasteiger partial charge in [-0.1, -0.05) is 47.5 Å². The number of hydrogen-bond donors (Lipinski definition) is 3. The number of nitrogens with one attached hydrogen (secondary N) is 3. The Labute approximate surface area is 208 Å². The van der Waals surface area contributed by atoms with E-state index in [9.17, 15) is 24.0 Å². The van der Waals surface area contributed by atoms with Crippen molar-refractivity contribution >= 4 is 29.5 Å². The molecule has 0 aromatic carbocycles. The van der Waals surface area contributed by atoms with Gasteiger partial charge in [0.05, 0.1) is 12.6 Å². The van der Waals surface area contributed by atoms with Gasteiger partial charge < -0.3 is 25.4 Å². The Morgan fingerprint density at radius 1 is 0.943 bits per heavy atom. The van der Waals surface area contributed by atoms with Crippen molar-refractivity contribution in [1.82, 2.24) is 16.0 Å². The molecule has 0 spiro atoms. The molecule has 1 aliphatic rings. The predicted molar refractivity (Wildman–Crippen MR) is 130 cm³/mol. The number of epoxide rings is 1. The fraction of sp³-hybridized carbons (Fsp3) is 0.800. The molecule has 0 saturated carbocycles. The molecule has 200 valence electrons. The van der Waals surface area contributed by atoms with Gasteiger partial charge in [0.15, 0.2) is 5.78 Å². The van der Waals surface area contributed by atoms with Gasteiger partial charge in [-0.05, 0) is 31.6 Å². The summed E-state index contributed by atoms with van der Waals surface area (Å²) in [6, 6.07) is -2.92. The van der Waals surface area contributed by atoms with E-state index in [0.717, 1.165) is 19.3 Å². The van der Waals surface area contributed by atoms with Crippen molar-refractivity contribution in [3.8, 4) is 0 Å². The van der Waals surface area contributed by atoms with E-state index in [0.29, 0.717) is 12.8 Å². The SMILES string of the molecule is CCCCCC(=O)N[C@H](C(=O)N[C@@H](COC(C)=O)C(=O)NC(CC(C)C)C(=O)[C@@]1(C)CO1)C(C)C. The van der Waals surface area contributed by atoms with Crippen LogP contribution in [-0.2, 0) is 33.4 Å². The summed E-state index contributed by atoms with van der Waals surface area (Å²) in [5.41, 5.74) is -0.924. The minimum absolute atomic E-state index is 0.112. The molecule has 1 aliphatic heterocycles. The third kappa shape index (κ3) is 10.8. The number of carbonyl (C=O) groups excluding carboxylic acids is 5. The maximum Gasteiger partial charge on any atom is 0.302 e. The lowest BCUT2D eigenvalue weighted by molar-refractivity contribution is -0.145. The van der Waals surface area contributed by atoms with E-state index in [-0.39, 0.29) is 30.1 Å². The number of unbranched alkanes of at least 4 members (excludes halogenated alkanes) is 2. The molecule has 10 heteroatoms. The van der Waals surface area contributed by atoms with Crippen LogP contribution >= 0.6 is 0 Å². The zero-order valence-corrected chi connectivity index (χ0v) is 22.2. The average molecular weight is 498 g/mol. The highest BCUT2D eigenvalue weighted by Gasteiger charge is 2.50. The van der Waals surface area contributed by atoms with E-state index < -0.39 is 48.1 Å². The fourth-order valence-electron chi connectivity index (χ4n) is 3.56. The van der Waals surface area contributed by atoms with Crippen LogP contribution in [0.3, 0.4) is 0 Å². The number of ether oxygens (including phenoxy) is 2. The maximum atomic E-state index is 13.1. The van der Waals surface area contributed by atoms with Crippen molar-refractivity contribution in [1.29, 1.82) is 0 Å². The summed E-state index contributed by atoms with van der Waals surface area (Å²) in [5, 5.41) is 8.03. The van der Waals surface area contributed by atoms with Crippen LogP contribution in [0, 0.1) is 11.8 Å². The van der Waals surface area contributed by atoms with Gasteiger partial charge in [0.25, 0.3) is 0 Å². The number of carbonyl (C=O) groups is 5. The zero-order chi connectivity index (χ0) is 26.8. The van der Waals surface area contributed by atoms with Gasteiger partial charge in [0.1, 0.15) is 24.3 Å². The Morgan fingerprint density at radius 3 is 2.03 bits per heavy atom. The number of rotatable bonds is 16. The van der Waals surface area contributed by atoms with Gasteiger partial charge in [0, 0.05) is 13.3 Å². The number of hydrogen-bond acceptors (Lipinski definition) is 7. The second-order valence-corrected chi connectivity index (χ2v) is 10.2. The largest absolute Gasteiger partial charge is 0.463 e. The minimum atomic E-state index is -1.24. The summed E-state index contributed by atoms with van der Waals surface area (Å²) in [5.74, 6) is -2.45. The summed E-state index contributed by atoms with van der Waals surface area (Å²) in [4.78, 5) is 62.7. The first-order valence-corrected chi connectivity index (χ1v) is 12.5. The highest BCUT2D eigenvalue weighted by molar-refractivity contribution is 5.98. The van der Waals surface area contributed by atoms with Gasteiger partial charge in [0.2, 0.25) is 17.7 Å². The molecule has 0 radical (unpaired) electrons. The van der Waals surface area contributed by atoms with Crippen LogP contribution in [0.2, 0.25) is 0 Å². The number of esters is 1. The first kappa shape index (κ1) is 30.5. The lowest BCUT2D eigenvalue weighted by Gasteiger charge is -2.27. The van der Waals surface area contributed by atoms with Crippen LogP contribution in [0.25, 0.3) is 0 Å². The van der Waals surface area contributed by atoms with Gasteiger partial charge in [-0.2, -0.15) is 0 Å². The van der Waals surface area contributed by atoms with Crippen LogP contribution in [-0.4, -0.2) is 66.4 Å². The van der Waals surface area contributed by atoms with Crippen LogP contribution < -0.4 is 16.0 Å². The Balaban J connectivity index is 2.95. The van der Waals surface area contributed by atoms with Gasteiger partial charge in [-0.25, -0.2) is 0 Å². The molecule has 1 heterocycles. The van der Waals surface area contributed by atoms with Crippen LogP contribution in [0.5, 0.6) is 0 Å². The van der Waals surface area contributed by atoms with Crippen molar-refractivity contribution in [3.63, 3.8) is 0 Å². The molecule has 35 heavy (non-hydrogen) atoms. The first-order chi connectivity index (χ1) is 16.3. The van der Waals surface area contributed by atoms with E-state index in [1.807, 2.05) is 20.8 Å². The van der Waals surface area contributed by atoms with Crippen molar-refractivity contribution in [2.75, 3.05) is 13.2 Å². The lowest BCUT2D eigenvalue weighted by Crippen LogP contribution is -2.59. The van der Waals surface area contributed by atoms with Gasteiger partial charge in [-0.3, -0.25) is 24.0 Å². The highest BCUT2D eigenvalue weighted by atomic mass is 16.6. The van der Waals surface area contributed by atoms with Gasteiger partial charge in [-0.15, -0.1) is 0 Å². The number of ketones is 1. The predicted octanol–water partition coefficient (Wildman–Crippen LogP) is 1.64. The molecule has 1 unspecified atom stereocenters. The summed E-state index contributed by atoms with van der Waals surface area (Å²) < 4.78 is 10.3. The molecule has 1 fully saturated rings. The summed E-state index contributed by atoms with van der Waals surface area (Å²) in [6.45, 7) is 12.2. The lowest BCUT2D eigenvalue weighted by atomic mass is 9.93. The quantitative estimate of drug-likeness (QED) is 0.167. The van der Waals surface area contributed by atoms with E-state index in [1.165, 1.54) is 6.92 Å². The molecule has 0 aromatic rings. The van der Waals surface area contributed by atoms with E-state index in [1.54, 1.807) is 20.8 Å². The molecule has 0 aromatic heterocycles. The standard InChI is InChI=1S/C25H43N3O7/c1-8-9-10-11-20(30)28-21(16(4)5)24(33)27-19(13-34-17(6)29)23(32)26-18(12-15(2)3)22(31)25(7)14-35-25/h15-16,18-19,21H,8-14H2,1-7H3,(H,26,32)(H,27,33)(H,28,30)/t18?,19-,21-,25+/m0/s1. The van der Waals surface area contributed by atoms with Gasteiger partial charge >= 0.3 is 5.97 Å². The summed E-state index contributed by atoms with van der Waals surface area (Å²) >= 11 is 0. The molecule has 1 saturated heterocycles. The summed E-state index contributed by atoms with van der Waals surface area (Å²) in [6.07, 6.45) is 3.30. The Morgan fingerprint density at radius 2 is 1.54 bits per heavy atom. The number of Topliss-reactive ketones (excluding diaryl/α,β-unsaturated/α-hetero) is 1. The van der Waals surface area contributed by atoms with Crippen LogP contribution in [0.1, 0.15) is 80.6 Å². The molecule has 10 nitrogen and oxygen atoms in total. The van der Waals surface area contributed by atoms with E-state index in [4.69, 9.17) is 9.47 Å². The van der Waals surface area contributed by atoms with E-state index >= 15 is 0 Å². The smallest absolute Gasteiger partial charge is 0.302 e. The first-order valence-electron chi connectivity index (χ1n) is 12.5. The normalized spacial score (nSPS) is 19.5. The van der Waals surface area contributed by atoms with Crippen LogP contribution in [0.4, 0.5) is 0 Å². The Kier molecular flexibility index (Phi) is 12.4. The van der Waals surface area contributed by atoms with Crippen molar-refractivity contribution in [2.45, 2.75) is 104 Å². The van der Waals surface area contributed by atoms with Crippen molar-refractivity contribution in [2.24, 2.45) is 11.8 Å². The molecule has 0 aliphatic carbocycles. The Hall–Kier alpha value is -2.49. The third-order valence-electron chi connectivity index (χ3n) is 5.80. The molecule has 3 amide bonds. The second-order valence-electron chi connectivity index (χ2n) is 10.2. The highest BCUT2D eigenvalue weighted by Crippen LogP contribution is 2.29. The molecular weight excluding hydrogens is 454 g/mol. The van der Waals surface area contributed by atoms with Crippen molar-refractivity contribution in [3.05, 3.63) is 0 Å². The minimum Gasteiger partial charge on any atom is -0.463 e. The summed E-state index contributed by atoms with van der Waals surface area (Å²) in [7, 11) is 0. The van der Waals surface area contributed by atoms with Crippen molar-refractivity contribution < 1.29 is 33.4 Å². The third-order valence-corrected chi connectivity index (χ3v) is 5.80. The number of amides is 3. The monoisotopic (exact) mass is 497 g/mol. The second kappa shape index (κ2) is 14.2. The maximum absolute atomic E-state index is 13.1. The van der Waals surface area contributed by atoms with E-state index in [2.05, 4.69) is 16.0 Å². The average Bonchev–Trinajstić information content (AvgIpc) is 3.51. The fourth-order valence-corrected chi connectivity index (χ4v) is 3.56. The molecule has 4 atom stereocenters. The zero-order valence-electron chi connectivity index (χ0n) is 22.2. The molecular formula is C25H43N3O7. The topological polar surface area (TPSA) is 143 Å². The molecule has 0 bridgehead atoms. The van der Waals surface area contributed by atoms with Crippen LogP contribution in [0.15, 0.2) is 0 Å². The molecule has 1 rings (SSSR count).